The molecule has 0 saturated carbocycles. The Morgan fingerprint density at radius 1 is 0.969 bits per heavy atom. The van der Waals surface area contributed by atoms with Crippen molar-refractivity contribution in [1.82, 2.24) is 14.8 Å². The number of nitrogens with zero attached hydrogens (tertiary/aromatic N) is 3. The van der Waals surface area contributed by atoms with Gasteiger partial charge in [-0.3, -0.25) is 9.59 Å². The smallest absolute Gasteiger partial charge is 0.254 e. The standard InChI is InChI=1S/C25H24FN3O3/c26-18-9-7-17(8-10-18)22-16-20(19-4-1-2-5-21(19)27-22)24(30)28-11-13-29(14-12-28)25(31)23-6-3-15-32-23/h1-2,4-5,7-10,16,23H,3,6,11-15H2. The number of hydrogen-bond acceptors (Lipinski definition) is 4. The highest BCUT2D eigenvalue weighted by Gasteiger charge is 2.32. The third kappa shape index (κ3) is 3.96. The molecule has 2 fully saturated rings. The molecule has 2 aliphatic heterocycles. The third-order valence-corrected chi connectivity index (χ3v) is 6.17. The van der Waals surface area contributed by atoms with Gasteiger partial charge in [-0.05, 0) is 49.2 Å². The summed E-state index contributed by atoms with van der Waals surface area (Å²) in [6.45, 7) is 2.58. The Labute approximate surface area is 185 Å². The van der Waals surface area contributed by atoms with Crippen LogP contribution in [0.15, 0.2) is 54.6 Å². The van der Waals surface area contributed by atoms with E-state index in [0.717, 1.165) is 23.8 Å². The predicted molar refractivity (Wildman–Crippen MR) is 119 cm³/mol. The number of halogens is 1. The van der Waals surface area contributed by atoms with Crippen LogP contribution >= 0.6 is 0 Å². The van der Waals surface area contributed by atoms with Gasteiger partial charge >= 0.3 is 0 Å². The lowest BCUT2D eigenvalue weighted by atomic mass is 10.0. The number of rotatable bonds is 3. The first kappa shape index (κ1) is 20.6. The molecule has 2 aliphatic rings. The number of pyridine rings is 1. The van der Waals surface area contributed by atoms with Crippen LogP contribution in [0.2, 0.25) is 0 Å². The van der Waals surface area contributed by atoms with Gasteiger partial charge in [-0.2, -0.15) is 0 Å². The Balaban J connectivity index is 1.39. The predicted octanol–water partition coefficient (Wildman–Crippen LogP) is 3.50. The highest BCUT2D eigenvalue weighted by molar-refractivity contribution is 6.07. The summed E-state index contributed by atoms with van der Waals surface area (Å²) in [6.07, 6.45) is 1.35. The number of amides is 2. The maximum Gasteiger partial charge on any atom is 0.254 e. The molecule has 1 aromatic heterocycles. The fraction of sp³-hybridized carbons (Fsp3) is 0.320. The Hall–Kier alpha value is -3.32. The van der Waals surface area contributed by atoms with Crippen molar-refractivity contribution < 1.29 is 18.7 Å². The van der Waals surface area contributed by atoms with Crippen molar-refractivity contribution >= 4 is 22.7 Å². The molecule has 3 heterocycles. The van der Waals surface area contributed by atoms with Crippen molar-refractivity contribution in [3.05, 3.63) is 66.0 Å². The molecule has 0 N–H and O–H groups in total. The Morgan fingerprint density at radius 2 is 1.69 bits per heavy atom. The van der Waals surface area contributed by atoms with Crippen LogP contribution in [0, 0.1) is 5.82 Å². The summed E-state index contributed by atoms with van der Waals surface area (Å²) in [5, 5.41) is 0.779. The van der Waals surface area contributed by atoms with Crippen molar-refractivity contribution in [2.75, 3.05) is 32.8 Å². The Kier molecular flexibility index (Phi) is 5.57. The van der Waals surface area contributed by atoms with Crippen LogP contribution in [0.4, 0.5) is 4.39 Å². The number of para-hydroxylation sites is 1. The van der Waals surface area contributed by atoms with Gasteiger partial charge in [0, 0.05) is 43.7 Å². The van der Waals surface area contributed by atoms with E-state index in [9.17, 15) is 14.0 Å². The second-order valence-electron chi connectivity index (χ2n) is 8.20. The minimum atomic E-state index is -0.334. The zero-order valence-corrected chi connectivity index (χ0v) is 17.7. The molecule has 0 aliphatic carbocycles. The van der Waals surface area contributed by atoms with E-state index in [0.29, 0.717) is 49.6 Å². The first-order valence-corrected chi connectivity index (χ1v) is 11.0. The summed E-state index contributed by atoms with van der Waals surface area (Å²) in [5.41, 5.74) is 2.65. The lowest BCUT2D eigenvalue weighted by Gasteiger charge is -2.36. The molecule has 0 spiro atoms. The number of fused-ring (bicyclic) bond motifs is 1. The van der Waals surface area contributed by atoms with Gasteiger partial charge in [0.05, 0.1) is 16.8 Å². The van der Waals surface area contributed by atoms with Crippen LogP contribution in [0.5, 0.6) is 0 Å². The lowest BCUT2D eigenvalue weighted by molar-refractivity contribution is -0.142. The Morgan fingerprint density at radius 3 is 2.41 bits per heavy atom. The number of hydrogen-bond donors (Lipinski definition) is 0. The second kappa shape index (κ2) is 8.67. The van der Waals surface area contributed by atoms with E-state index in [1.807, 2.05) is 24.3 Å². The maximum absolute atomic E-state index is 13.5. The molecule has 2 aromatic carbocycles. The van der Waals surface area contributed by atoms with E-state index in [2.05, 4.69) is 4.98 Å². The molecule has 3 aromatic rings. The fourth-order valence-corrected chi connectivity index (χ4v) is 4.40. The van der Waals surface area contributed by atoms with E-state index >= 15 is 0 Å². The van der Waals surface area contributed by atoms with Crippen molar-refractivity contribution in [3.8, 4) is 11.3 Å². The molecule has 5 rings (SSSR count). The molecule has 0 radical (unpaired) electrons. The highest BCUT2D eigenvalue weighted by atomic mass is 19.1. The number of ether oxygens (including phenoxy) is 1. The molecule has 1 atom stereocenters. The molecule has 32 heavy (non-hydrogen) atoms. The van der Waals surface area contributed by atoms with E-state index in [4.69, 9.17) is 4.74 Å². The van der Waals surface area contributed by atoms with Crippen LogP contribution in [-0.4, -0.2) is 65.5 Å². The highest BCUT2D eigenvalue weighted by Crippen LogP contribution is 2.26. The summed E-state index contributed by atoms with van der Waals surface area (Å²) in [7, 11) is 0. The minimum absolute atomic E-state index is 0.0301. The zero-order chi connectivity index (χ0) is 22.1. The number of carbonyl (C=O) groups excluding carboxylic acids is 2. The van der Waals surface area contributed by atoms with Crippen LogP contribution in [0.3, 0.4) is 0 Å². The van der Waals surface area contributed by atoms with Crippen LogP contribution in [0.25, 0.3) is 22.2 Å². The van der Waals surface area contributed by atoms with Crippen LogP contribution in [0.1, 0.15) is 23.2 Å². The average Bonchev–Trinajstić information content (AvgIpc) is 3.38. The van der Waals surface area contributed by atoms with Gasteiger partial charge in [0.2, 0.25) is 0 Å². The number of aromatic nitrogens is 1. The first-order valence-electron chi connectivity index (χ1n) is 11.0. The maximum atomic E-state index is 13.5. The molecule has 2 saturated heterocycles. The van der Waals surface area contributed by atoms with Gasteiger partial charge in [0.25, 0.3) is 11.8 Å². The topological polar surface area (TPSA) is 62.7 Å². The zero-order valence-electron chi connectivity index (χ0n) is 17.7. The molecule has 0 bridgehead atoms. The largest absolute Gasteiger partial charge is 0.368 e. The molecule has 7 heteroatoms. The van der Waals surface area contributed by atoms with Crippen molar-refractivity contribution in [1.29, 1.82) is 0 Å². The molecule has 6 nitrogen and oxygen atoms in total. The van der Waals surface area contributed by atoms with Gasteiger partial charge in [0.1, 0.15) is 11.9 Å². The summed E-state index contributed by atoms with van der Waals surface area (Å²) in [6, 6.07) is 15.4. The molecule has 1 unspecified atom stereocenters. The molecule has 164 valence electrons. The number of carbonyl (C=O) groups is 2. The number of piperazine rings is 1. The van der Waals surface area contributed by atoms with Crippen LogP contribution in [-0.2, 0) is 9.53 Å². The minimum Gasteiger partial charge on any atom is -0.368 e. The van der Waals surface area contributed by atoms with Gasteiger partial charge in [0.15, 0.2) is 0 Å². The monoisotopic (exact) mass is 433 g/mol. The fourth-order valence-electron chi connectivity index (χ4n) is 4.40. The molecular weight excluding hydrogens is 409 g/mol. The van der Waals surface area contributed by atoms with Gasteiger partial charge in [-0.15, -0.1) is 0 Å². The summed E-state index contributed by atoms with van der Waals surface area (Å²) >= 11 is 0. The van der Waals surface area contributed by atoms with Gasteiger partial charge < -0.3 is 14.5 Å². The van der Waals surface area contributed by atoms with E-state index in [1.165, 1.54) is 12.1 Å². The third-order valence-electron chi connectivity index (χ3n) is 6.17. The van der Waals surface area contributed by atoms with E-state index in [-0.39, 0.29) is 23.7 Å². The van der Waals surface area contributed by atoms with Gasteiger partial charge in [-0.25, -0.2) is 9.37 Å². The summed E-state index contributed by atoms with van der Waals surface area (Å²) < 4.78 is 18.9. The second-order valence-corrected chi connectivity index (χ2v) is 8.20. The van der Waals surface area contributed by atoms with Crippen molar-refractivity contribution in [2.24, 2.45) is 0 Å². The van der Waals surface area contributed by atoms with Crippen molar-refractivity contribution in [3.63, 3.8) is 0 Å². The van der Waals surface area contributed by atoms with Gasteiger partial charge in [-0.1, -0.05) is 18.2 Å². The normalized spacial score (nSPS) is 18.8. The Bertz CT molecular complexity index is 1150. The summed E-state index contributed by atoms with van der Waals surface area (Å²) in [5.74, 6) is -0.375. The quantitative estimate of drug-likeness (QED) is 0.634. The van der Waals surface area contributed by atoms with Crippen molar-refractivity contribution in [2.45, 2.75) is 18.9 Å². The lowest BCUT2D eigenvalue weighted by Crippen LogP contribution is -2.52. The molecule has 2 amide bonds. The summed E-state index contributed by atoms with van der Waals surface area (Å²) in [4.78, 5) is 34.4. The van der Waals surface area contributed by atoms with E-state index in [1.54, 1.807) is 28.0 Å². The number of benzene rings is 2. The van der Waals surface area contributed by atoms with E-state index < -0.39 is 0 Å². The molecular formula is C25H24FN3O3. The van der Waals surface area contributed by atoms with Crippen LogP contribution < -0.4 is 0 Å². The SMILES string of the molecule is O=C(c1cc(-c2ccc(F)cc2)nc2ccccc12)N1CCN(C(=O)C2CCCO2)CC1. The first-order chi connectivity index (χ1) is 15.6. The average molecular weight is 433 g/mol.